The lowest BCUT2D eigenvalue weighted by Crippen LogP contribution is -2.29. The van der Waals surface area contributed by atoms with Gasteiger partial charge in [-0.05, 0) is 61.1 Å². The molecule has 1 heterocycles. The van der Waals surface area contributed by atoms with Gasteiger partial charge in [0.25, 0.3) is 5.91 Å². The first-order valence-electron chi connectivity index (χ1n) is 7.79. The molecule has 22 heavy (non-hydrogen) atoms. The minimum absolute atomic E-state index is 0.0937. The lowest BCUT2D eigenvalue weighted by molar-refractivity contribution is 0.0817. The van der Waals surface area contributed by atoms with Gasteiger partial charge in [-0.2, -0.15) is 0 Å². The average molecular weight is 291 g/mol. The van der Waals surface area contributed by atoms with Crippen molar-refractivity contribution in [2.45, 2.75) is 26.7 Å². The largest absolute Gasteiger partial charge is 0.315 e. The van der Waals surface area contributed by atoms with Gasteiger partial charge in [-0.25, -0.2) is 0 Å². The predicted molar refractivity (Wildman–Crippen MR) is 90.6 cm³/mol. The molecule has 0 N–H and O–H groups in total. The first-order chi connectivity index (χ1) is 10.6. The summed E-state index contributed by atoms with van der Waals surface area (Å²) in [5.41, 5.74) is 5.60. The number of nitrogens with zero attached hydrogens (tertiary/aromatic N) is 1. The summed E-state index contributed by atoms with van der Waals surface area (Å²) in [6, 6.07) is 16.3. The van der Waals surface area contributed by atoms with Gasteiger partial charge < -0.3 is 4.90 Å². The van der Waals surface area contributed by atoms with Gasteiger partial charge in [0.2, 0.25) is 0 Å². The van der Waals surface area contributed by atoms with E-state index in [4.69, 9.17) is 0 Å². The van der Waals surface area contributed by atoms with Gasteiger partial charge in [0, 0.05) is 18.3 Å². The van der Waals surface area contributed by atoms with Gasteiger partial charge in [0.05, 0.1) is 0 Å². The van der Waals surface area contributed by atoms with Crippen molar-refractivity contribution >= 4 is 11.5 Å². The molecule has 0 bridgehead atoms. The summed E-state index contributed by atoms with van der Waals surface area (Å²) in [7, 11) is 0. The molecule has 0 saturated carbocycles. The first-order valence-corrected chi connectivity index (χ1v) is 7.79. The molecule has 2 nitrogen and oxygen atoms in total. The zero-order valence-electron chi connectivity index (χ0n) is 13.2. The van der Waals surface area contributed by atoms with Crippen LogP contribution in [0.4, 0.5) is 0 Å². The molecule has 0 radical (unpaired) electrons. The van der Waals surface area contributed by atoms with Gasteiger partial charge in [-0.3, -0.25) is 4.79 Å². The van der Waals surface area contributed by atoms with Crippen LogP contribution >= 0.6 is 0 Å². The second-order valence-corrected chi connectivity index (χ2v) is 5.92. The van der Waals surface area contributed by atoms with Crippen LogP contribution in [0.3, 0.4) is 0 Å². The van der Waals surface area contributed by atoms with Crippen molar-refractivity contribution in [2.75, 3.05) is 6.54 Å². The molecule has 2 heteroatoms. The van der Waals surface area contributed by atoms with Crippen molar-refractivity contribution in [3.05, 3.63) is 77.0 Å². The highest BCUT2D eigenvalue weighted by Crippen LogP contribution is 2.25. The van der Waals surface area contributed by atoms with Crippen molar-refractivity contribution in [2.24, 2.45) is 0 Å². The SMILES string of the molecule is Cc1ccc(C(=O)N2C=C(c3ccccc3)CCC2)cc1C. The number of allylic oxidation sites excluding steroid dienone is 1. The summed E-state index contributed by atoms with van der Waals surface area (Å²) in [6.07, 6.45) is 4.06. The fourth-order valence-electron chi connectivity index (χ4n) is 2.83. The van der Waals surface area contributed by atoms with E-state index in [9.17, 15) is 4.79 Å². The number of rotatable bonds is 2. The number of carbonyl (C=O) groups is 1. The summed E-state index contributed by atoms with van der Waals surface area (Å²) < 4.78 is 0. The van der Waals surface area contributed by atoms with E-state index in [1.807, 2.05) is 54.4 Å². The Kier molecular flexibility index (Phi) is 4.10. The van der Waals surface area contributed by atoms with Crippen LogP contribution in [0.15, 0.2) is 54.7 Å². The number of amides is 1. The Labute approximate surface area is 132 Å². The van der Waals surface area contributed by atoms with E-state index in [-0.39, 0.29) is 5.91 Å². The second-order valence-electron chi connectivity index (χ2n) is 5.92. The minimum Gasteiger partial charge on any atom is -0.315 e. The molecule has 0 spiro atoms. The van der Waals surface area contributed by atoms with Crippen molar-refractivity contribution in [3.8, 4) is 0 Å². The van der Waals surface area contributed by atoms with Crippen LogP contribution in [0.25, 0.3) is 5.57 Å². The maximum Gasteiger partial charge on any atom is 0.257 e. The van der Waals surface area contributed by atoms with Gasteiger partial charge >= 0.3 is 0 Å². The van der Waals surface area contributed by atoms with E-state index >= 15 is 0 Å². The fraction of sp³-hybridized carbons (Fsp3) is 0.250. The summed E-state index contributed by atoms with van der Waals surface area (Å²) in [5, 5.41) is 0. The van der Waals surface area contributed by atoms with Crippen molar-refractivity contribution in [1.82, 2.24) is 4.90 Å². The van der Waals surface area contributed by atoms with Crippen molar-refractivity contribution in [1.29, 1.82) is 0 Å². The number of aryl methyl sites for hydroxylation is 2. The monoisotopic (exact) mass is 291 g/mol. The normalized spacial score (nSPS) is 14.6. The topological polar surface area (TPSA) is 20.3 Å². The standard InChI is InChI=1S/C20H21NO/c1-15-10-11-18(13-16(15)2)20(22)21-12-6-9-19(14-21)17-7-4-3-5-8-17/h3-5,7-8,10-11,13-14H,6,9,12H2,1-2H3. The van der Waals surface area contributed by atoms with Crippen LogP contribution in [0.2, 0.25) is 0 Å². The Balaban J connectivity index is 1.87. The molecule has 0 unspecified atom stereocenters. The van der Waals surface area contributed by atoms with E-state index in [0.29, 0.717) is 0 Å². The smallest absolute Gasteiger partial charge is 0.257 e. The second kappa shape index (κ2) is 6.18. The number of hydrogen-bond acceptors (Lipinski definition) is 1. The summed E-state index contributed by atoms with van der Waals surface area (Å²) in [6.45, 7) is 4.91. The molecule has 2 aromatic rings. The maximum absolute atomic E-state index is 12.7. The van der Waals surface area contributed by atoms with Crippen LogP contribution in [0.1, 0.15) is 39.9 Å². The predicted octanol–water partition coefficient (Wildman–Crippen LogP) is 4.58. The Morgan fingerprint density at radius 3 is 2.50 bits per heavy atom. The highest BCUT2D eigenvalue weighted by atomic mass is 16.2. The van der Waals surface area contributed by atoms with Crippen molar-refractivity contribution in [3.63, 3.8) is 0 Å². The quantitative estimate of drug-likeness (QED) is 0.793. The Bertz CT molecular complexity index is 716. The van der Waals surface area contributed by atoms with Crippen molar-refractivity contribution < 1.29 is 4.79 Å². The summed E-state index contributed by atoms with van der Waals surface area (Å²) >= 11 is 0. The zero-order valence-corrected chi connectivity index (χ0v) is 13.2. The minimum atomic E-state index is 0.0937. The first kappa shape index (κ1) is 14.6. The summed E-state index contributed by atoms with van der Waals surface area (Å²) in [5.74, 6) is 0.0937. The molecule has 1 aliphatic heterocycles. The van der Waals surface area contributed by atoms with E-state index in [0.717, 1.165) is 30.5 Å². The number of carbonyl (C=O) groups excluding carboxylic acids is 1. The van der Waals surface area contributed by atoms with Crippen LogP contribution in [0.5, 0.6) is 0 Å². The molecule has 0 aliphatic carbocycles. The summed E-state index contributed by atoms with van der Waals surface area (Å²) in [4.78, 5) is 14.6. The molecular weight excluding hydrogens is 270 g/mol. The lowest BCUT2D eigenvalue weighted by atomic mass is 9.98. The molecule has 112 valence electrons. The van der Waals surface area contributed by atoms with Gasteiger partial charge in [0.1, 0.15) is 0 Å². The molecule has 0 aromatic heterocycles. The number of benzene rings is 2. The van der Waals surface area contributed by atoms with E-state index in [1.165, 1.54) is 16.7 Å². The third kappa shape index (κ3) is 2.96. The Morgan fingerprint density at radius 2 is 1.77 bits per heavy atom. The highest BCUT2D eigenvalue weighted by Gasteiger charge is 2.19. The average Bonchev–Trinajstić information content (AvgIpc) is 2.57. The maximum atomic E-state index is 12.7. The van der Waals surface area contributed by atoms with Crippen LogP contribution in [0, 0.1) is 13.8 Å². The molecular formula is C20H21NO. The van der Waals surface area contributed by atoms with Crippen LogP contribution < -0.4 is 0 Å². The lowest BCUT2D eigenvalue weighted by Gasteiger charge is -2.25. The van der Waals surface area contributed by atoms with Gasteiger partial charge in [-0.15, -0.1) is 0 Å². The molecule has 0 fully saturated rings. The fourth-order valence-corrected chi connectivity index (χ4v) is 2.83. The van der Waals surface area contributed by atoms with E-state index in [1.54, 1.807) is 0 Å². The molecule has 1 amide bonds. The van der Waals surface area contributed by atoms with Gasteiger partial charge in [-0.1, -0.05) is 36.4 Å². The zero-order chi connectivity index (χ0) is 15.5. The van der Waals surface area contributed by atoms with E-state index in [2.05, 4.69) is 19.1 Å². The molecule has 3 rings (SSSR count). The third-order valence-corrected chi connectivity index (χ3v) is 4.32. The van der Waals surface area contributed by atoms with Crippen LogP contribution in [-0.2, 0) is 0 Å². The number of hydrogen-bond donors (Lipinski definition) is 0. The highest BCUT2D eigenvalue weighted by molar-refractivity contribution is 5.96. The third-order valence-electron chi connectivity index (χ3n) is 4.32. The van der Waals surface area contributed by atoms with E-state index < -0.39 is 0 Å². The molecule has 1 aliphatic rings. The van der Waals surface area contributed by atoms with Gasteiger partial charge in [0.15, 0.2) is 0 Å². The Hall–Kier alpha value is -2.35. The molecule has 0 saturated heterocycles. The molecule has 0 atom stereocenters. The van der Waals surface area contributed by atoms with Crippen LogP contribution in [-0.4, -0.2) is 17.4 Å². The Morgan fingerprint density at radius 1 is 1.00 bits per heavy atom. The molecule has 2 aromatic carbocycles.